The van der Waals surface area contributed by atoms with Crippen molar-refractivity contribution in [3.63, 3.8) is 0 Å². The Morgan fingerprint density at radius 1 is 1.25 bits per heavy atom. The monoisotopic (exact) mass is 285 g/mol. The van der Waals surface area contributed by atoms with Gasteiger partial charge >= 0.3 is 5.97 Å². The Balaban J connectivity index is 2.48. The van der Waals surface area contributed by atoms with Gasteiger partial charge in [-0.2, -0.15) is 0 Å². The first kappa shape index (κ1) is 17.4. The summed E-state index contributed by atoms with van der Waals surface area (Å²) in [6.45, 7) is 8.26. The molecule has 1 aliphatic carbocycles. The van der Waals surface area contributed by atoms with Crippen molar-refractivity contribution in [2.75, 3.05) is 19.8 Å². The van der Waals surface area contributed by atoms with E-state index < -0.39 is 5.54 Å². The molecule has 1 N–H and O–H groups in total. The summed E-state index contributed by atoms with van der Waals surface area (Å²) in [5.74, 6) is -0.104. The fourth-order valence-corrected chi connectivity index (χ4v) is 2.80. The van der Waals surface area contributed by atoms with Gasteiger partial charge in [-0.25, -0.2) is 0 Å². The van der Waals surface area contributed by atoms with Crippen LogP contribution in [0.15, 0.2) is 0 Å². The number of esters is 1. The molecular formula is C16H31NO3. The van der Waals surface area contributed by atoms with E-state index in [4.69, 9.17) is 9.47 Å². The molecule has 4 heteroatoms. The van der Waals surface area contributed by atoms with Crippen LogP contribution in [0.3, 0.4) is 0 Å². The zero-order valence-electron chi connectivity index (χ0n) is 13.4. The summed E-state index contributed by atoms with van der Waals surface area (Å²) >= 11 is 0. The number of unbranched alkanes of at least 4 members (excludes halogenated alkanes) is 2. The van der Waals surface area contributed by atoms with Gasteiger partial charge in [-0.15, -0.1) is 0 Å². The Hall–Kier alpha value is -0.610. The van der Waals surface area contributed by atoms with Crippen LogP contribution in [0.25, 0.3) is 0 Å². The molecular weight excluding hydrogens is 254 g/mol. The minimum Gasteiger partial charge on any atom is -0.465 e. The number of ether oxygens (including phenoxy) is 2. The lowest BCUT2D eigenvalue weighted by atomic mass is 9.97. The van der Waals surface area contributed by atoms with E-state index in [1.807, 2.05) is 6.92 Å². The molecule has 1 fully saturated rings. The van der Waals surface area contributed by atoms with Gasteiger partial charge in [-0.3, -0.25) is 4.79 Å². The first-order chi connectivity index (χ1) is 9.68. The lowest BCUT2D eigenvalue weighted by Crippen LogP contribution is -2.51. The van der Waals surface area contributed by atoms with E-state index in [0.29, 0.717) is 6.61 Å². The first-order valence-electron chi connectivity index (χ1n) is 8.22. The normalized spacial score (nSPS) is 25.9. The molecule has 118 valence electrons. The highest BCUT2D eigenvalue weighted by atomic mass is 16.5. The zero-order valence-corrected chi connectivity index (χ0v) is 13.4. The minimum atomic E-state index is -0.512. The zero-order chi connectivity index (χ0) is 14.8. The van der Waals surface area contributed by atoms with Crippen molar-refractivity contribution in [3.8, 4) is 0 Å². The third-order valence-corrected chi connectivity index (χ3v) is 3.95. The molecule has 0 aromatic heterocycles. The average Bonchev–Trinajstić information content (AvgIpc) is 2.87. The Labute approximate surface area is 123 Å². The summed E-state index contributed by atoms with van der Waals surface area (Å²) in [6, 6.07) is 0. The molecule has 0 aliphatic heterocycles. The lowest BCUT2D eigenvalue weighted by molar-refractivity contribution is -0.151. The molecule has 0 bridgehead atoms. The van der Waals surface area contributed by atoms with Crippen molar-refractivity contribution < 1.29 is 14.3 Å². The molecule has 0 aromatic carbocycles. The van der Waals surface area contributed by atoms with Crippen LogP contribution >= 0.6 is 0 Å². The van der Waals surface area contributed by atoms with Gasteiger partial charge in [-0.1, -0.05) is 26.7 Å². The smallest absolute Gasteiger partial charge is 0.326 e. The highest BCUT2D eigenvalue weighted by Crippen LogP contribution is 2.33. The van der Waals surface area contributed by atoms with E-state index in [0.717, 1.165) is 45.3 Å². The second-order valence-corrected chi connectivity index (χ2v) is 5.67. The average molecular weight is 285 g/mol. The van der Waals surface area contributed by atoms with Gasteiger partial charge in [0.15, 0.2) is 0 Å². The quantitative estimate of drug-likeness (QED) is 0.495. The van der Waals surface area contributed by atoms with Crippen molar-refractivity contribution in [1.29, 1.82) is 0 Å². The summed E-state index contributed by atoms with van der Waals surface area (Å²) in [7, 11) is 0. The summed E-state index contributed by atoms with van der Waals surface area (Å²) in [4.78, 5) is 12.3. The predicted octanol–water partition coefficient (Wildman–Crippen LogP) is 3.05. The van der Waals surface area contributed by atoms with Crippen LogP contribution in [-0.2, 0) is 14.3 Å². The molecule has 1 rings (SSSR count). The fraction of sp³-hybridized carbons (Fsp3) is 0.938. The van der Waals surface area contributed by atoms with Crippen LogP contribution in [-0.4, -0.2) is 37.4 Å². The highest BCUT2D eigenvalue weighted by molar-refractivity contribution is 5.81. The van der Waals surface area contributed by atoms with Gasteiger partial charge in [0.1, 0.15) is 5.54 Å². The van der Waals surface area contributed by atoms with Crippen molar-refractivity contribution in [2.45, 2.75) is 77.4 Å². The summed E-state index contributed by atoms with van der Waals surface area (Å²) < 4.78 is 11.2. The second kappa shape index (κ2) is 9.35. The Morgan fingerprint density at radius 2 is 2.05 bits per heavy atom. The van der Waals surface area contributed by atoms with E-state index >= 15 is 0 Å². The molecule has 1 saturated carbocycles. The van der Waals surface area contributed by atoms with Crippen LogP contribution in [0.2, 0.25) is 0 Å². The molecule has 1 aliphatic rings. The fourth-order valence-electron chi connectivity index (χ4n) is 2.80. The Morgan fingerprint density at radius 3 is 2.70 bits per heavy atom. The molecule has 0 aromatic rings. The van der Waals surface area contributed by atoms with Crippen LogP contribution < -0.4 is 5.32 Å². The van der Waals surface area contributed by atoms with E-state index in [2.05, 4.69) is 19.2 Å². The lowest BCUT2D eigenvalue weighted by Gasteiger charge is -2.28. The Bertz CT molecular complexity index is 283. The maximum Gasteiger partial charge on any atom is 0.326 e. The largest absolute Gasteiger partial charge is 0.465 e. The second-order valence-electron chi connectivity index (χ2n) is 5.67. The van der Waals surface area contributed by atoms with Crippen LogP contribution in [0.5, 0.6) is 0 Å². The number of hydrogen-bond donors (Lipinski definition) is 1. The standard InChI is InChI=1S/C16H31NO3/c1-4-7-8-12-20-14-9-10-16(13-14,17-11-5-2)15(18)19-6-3/h14,17H,4-13H2,1-3H3. The minimum absolute atomic E-state index is 0.104. The van der Waals surface area contributed by atoms with Gasteiger partial charge in [0.2, 0.25) is 0 Å². The Kier molecular flexibility index (Phi) is 8.15. The van der Waals surface area contributed by atoms with Crippen molar-refractivity contribution in [1.82, 2.24) is 5.32 Å². The third-order valence-electron chi connectivity index (χ3n) is 3.95. The van der Waals surface area contributed by atoms with Gasteiger partial charge in [0.05, 0.1) is 12.7 Å². The van der Waals surface area contributed by atoms with Gasteiger partial charge in [0, 0.05) is 13.0 Å². The molecule has 0 radical (unpaired) electrons. The molecule has 20 heavy (non-hydrogen) atoms. The van der Waals surface area contributed by atoms with Crippen molar-refractivity contribution in [2.24, 2.45) is 0 Å². The van der Waals surface area contributed by atoms with Crippen molar-refractivity contribution in [3.05, 3.63) is 0 Å². The molecule has 0 spiro atoms. The number of nitrogens with one attached hydrogen (secondary N) is 1. The van der Waals surface area contributed by atoms with Gasteiger partial charge in [-0.05, 0) is 39.2 Å². The molecule has 0 amide bonds. The molecule has 2 atom stereocenters. The highest BCUT2D eigenvalue weighted by Gasteiger charge is 2.46. The van der Waals surface area contributed by atoms with E-state index in [1.165, 1.54) is 12.8 Å². The van der Waals surface area contributed by atoms with Crippen LogP contribution in [0.1, 0.15) is 65.7 Å². The number of rotatable bonds is 10. The number of carbonyl (C=O) groups is 1. The maximum absolute atomic E-state index is 12.3. The van der Waals surface area contributed by atoms with Crippen LogP contribution in [0, 0.1) is 0 Å². The molecule has 0 heterocycles. The first-order valence-corrected chi connectivity index (χ1v) is 8.22. The predicted molar refractivity (Wildman–Crippen MR) is 80.8 cm³/mol. The summed E-state index contributed by atoms with van der Waals surface area (Å²) in [6.07, 6.45) is 7.26. The van der Waals surface area contributed by atoms with E-state index in [-0.39, 0.29) is 12.1 Å². The number of carbonyl (C=O) groups excluding carboxylic acids is 1. The SMILES string of the molecule is CCCCCOC1CCC(NCCC)(C(=O)OCC)C1. The molecule has 4 nitrogen and oxygen atoms in total. The summed E-state index contributed by atoms with van der Waals surface area (Å²) in [5.41, 5.74) is -0.512. The molecule has 2 unspecified atom stereocenters. The van der Waals surface area contributed by atoms with Crippen molar-refractivity contribution >= 4 is 5.97 Å². The molecule has 0 saturated heterocycles. The maximum atomic E-state index is 12.3. The summed E-state index contributed by atoms with van der Waals surface area (Å²) in [5, 5.41) is 3.41. The van der Waals surface area contributed by atoms with E-state index in [9.17, 15) is 4.79 Å². The van der Waals surface area contributed by atoms with Gasteiger partial charge < -0.3 is 14.8 Å². The van der Waals surface area contributed by atoms with E-state index in [1.54, 1.807) is 0 Å². The third kappa shape index (κ3) is 5.06. The van der Waals surface area contributed by atoms with Gasteiger partial charge in [0.25, 0.3) is 0 Å². The van der Waals surface area contributed by atoms with Crippen LogP contribution in [0.4, 0.5) is 0 Å². The topological polar surface area (TPSA) is 47.6 Å². The number of hydrogen-bond acceptors (Lipinski definition) is 4.